The normalized spacial score (nSPS) is 10.0. The van der Waals surface area contributed by atoms with Crippen LogP contribution in [0.5, 0.6) is 17.2 Å². The molecule has 6 heteroatoms. The second-order valence-electron chi connectivity index (χ2n) is 4.67. The van der Waals surface area contributed by atoms with Gasteiger partial charge in [-0.3, -0.25) is 4.79 Å². The Balaban J connectivity index is 1.88. The van der Waals surface area contributed by atoms with E-state index in [1.54, 1.807) is 44.6 Å². The molecule has 2 aromatic carbocycles. The molecule has 0 spiro atoms. The summed E-state index contributed by atoms with van der Waals surface area (Å²) in [5.41, 5.74) is 0.799. The van der Waals surface area contributed by atoms with Gasteiger partial charge < -0.3 is 19.5 Å². The van der Waals surface area contributed by atoms with Gasteiger partial charge in [-0.1, -0.05) is 12.1 Å². The van der Waals surface area contributed by atoms with E-state index in [-0.39, 0.29) is 24.8 Å². The van der Waals surface area contributed by atoms with Gasteiger partial charge in [-0.2, -0.15) is 0 Å². The summed E-state index contributed by atoms with van der Waals surface area (Å²) >= 11 is 0. The second kappa shape index (κ2) is 8.03. The summed E-state index contributed by atoms with van der Waals surface area (Å²) in [6.45, 7) is 0.00599. The van der Waals surface area contributed by atoms with Crippen LogP contribution in [0.25, 0.3) is 0 Å². The molecular formula is C17H18FNO4. The van der Waals surface area contributed by atoms with Gasteiger partial charge in [-0.25, -0.2) is 4.39 Å². The van der Waals surface area contributed by atoms with Gasteiger partial charge >= 0.3 is 0 Å². The molecule has 5 nitrogen and oxygen atoms in total. The summed E-state index contributed by atoms with van der Waals surface area (Å²) in [5.74, 6) is 0.465. The van der Waals surface area contributed by atoms with E-state index in [2.05, 4.69) is 5.32 Å². The van der Waals surface area contributed by atoms with Crippen molar-refractivity contribution in [3.05, 3.63) is 53.8 Å². The number of hydrogen-bond donors (Lipinski definition) is 1. The van der Waals surface area contributed by atoms with Crippen LogP contribution in [0.15, 0.2) is 42.5 Å². The third-order valence-corrected chi connectivity index (χ3v) is 3.17. The standard InChI is InChI=1S/C17H18FNO4/c1-21-13-8-7-12(16(9-13)22-2)10-19-17(20)11-23-15-6-4-3-5-14(15)18/h3-9H,10-11H2,1-2H3,(H,19,20). The van der Waals surface area contributed by atoms with Crippen molar-refractivity contribution in [3.8, 4) is 17.2 Å². The number of amides is 1. The van der Waals surface area contributed by atoms with Crippen molar-refractivity contribution in [1.82, 2.24) is 5.32 Å². The first-order valence-corrected chi connectivity index (χ1v) is 6.99. The fraction of sp³-hybridized carbons (Fsp3) is 0.235. The van der Waals surface area contributed by atoms with E-state index in [1.807, 2.05) is 0 Å². The number of nitrogens with one attached hydrogen (secondary N) is 1. The SMILES string of the molecule is COc1ccc(CNC(=O)COc2ccccc2F)c(OC)c1. The Hall–Kier alpha value is -2.76. The van der Waals surface area contributed by atoms with Crippen molar-refractivity contribution in [2.75, 3.05) is 20.8 Å². The summed E-state index contributed by atoms with van der Waals surface area (Å²) < 4.78 is 28.9. The first-order valence-electron chi connectivity index (χ1n) is 6.99. The molecule has 0 atom stereocenters. The highest BCUT2D eigenvalue weighted by Gasteiger charge is 2.09. The van der Waals surface area contributed by atoms with Crippen LogP contribution in [-0.2, 0) is 11.3 Å². The van der Waals surface area contributed by atoms with Gasteiger partial charge in [0.2, 0.25) is 0 Å². The minimum Gasteiger partial charge on any atom is -0.497 e. The van der Waals surface area contributed by atoms with Crippen molar-refractivity contribution in [3.63, 3.8) is 0 Å². The summed E-state index contributed by atoms with van der Waals surface area (Å²) in [6.07, 6.45) is 0. The summed E-state index contributed by atoms with van der Waals surface area (Å²) in [6, 6.07) is 11.2. The minimum absolute atomic E-state index is 0.0460. The van der Waals surface area contributed by atoms with Crippen LogP contribution in [0.2, 0.25) is 0 Å². The summed E-state index contributed by atoms with van der Waals surface area (Å²) in [4.78, 5) is 11.8. The fourth-order valence-electron chi connectivity index (χ4n) is 1.95. The van der Waals surface area contributed by atoms with Crippen LogP contribution in [0, 0.1) is 5.82 Å². The van der Waals surface area contributed by atoms with Crippen molar-refractivity contribution in [2.24, 2.45) is 0 Å². The number of hydrogen-bond acceptors (Lipinski definition) is 4. The Bertz CT molecular complexity index is 675. The molecule has 0 heterocycles. The molecule has 0 saturated heterocycles. The molecule has 0 unspecified atom stereocenters. The van der Waals surface area contributed by atoms with Gasteiger partial charge in [0.25, 0.3) is 5.91 Å². The van der Waals surface area contributed by atoms with Crippen molar-refractivity contribution in [2.45, 2.75) is 6.54 Å². The first-order chi connectivity index (χ1) is 11.1. The number of rotatable bonds is 7. The number of ether oxygens (including phenoxy) is 3. The highest BCUT2D eigenvalue weighted by Crippen LogP contribution is 2.24. The number of carbonyl (C=O) groups excluding carboxylic acids is 1. The van der Waals surface area contributed by atoms with E-state index in [4.69, 9.17) is 14.2 Å². The van der Waals surface area contributed by atoms with Gasteiger partial charge in [0.15, 0.2) is 18.2 Å². The molecule has 0 aliphatic rings. The zero-order chi connectivity index (χ0) is 16.7. The van der Waals surface area contributed by atoms with E-state index in [9.17, 15) is 9.18 Å². The lowest BCUT2D eigenvalue weighted by atomic mass is 10.2. The van der Waals surface area contributed by atoms with Gasteiger partial charge in [-0.15, -0.1) is 0 Å². The topological polar surface area (TPSA) is 56.8 Å². The molecule has 23 heavy (non-hydrogen) atoms. The Morgan fingerprint density at radius 1 is 1.09 bits per heavy atom. The molecule has 1 amide bonds. The number of benzene rings is 2. The lowest BCUT2D eigenvalue weighted by Gasteiger charge is -2.12. The van der Waals surface area contributed by atoms with Crippen LogP contribution in [-0.4, -0.2) is 26.7 Å². The number of halogens is 1. The van der Waals surface area contributed by atoms with Crippen LogP contribution in [0.1, 0.15) is 5.56 Å². The molecule has 0 bridgehead atoms. The quantitative estimate of drug-likeness (QED) is 0.852. The van der Waals surface area contributed by atoms with Gasteiger partial charge in [-0.05, 0) is 24.3 Å². The van der Waals surface area contributed by atoms with Gasteiger partial charge in [0.05, 0.1) is 14.2 Å². The molecule has 0 aromatic heterocycles. The zero-order valence-electron chi connectivity index (χ0n) is 13.0. The number of methoxy groups -OCH3 is 2. The predicted molar refractivity (Wildman–Crippen MR) is 83.3 cm³/mol. The molecule has 0 fully saturated rings. The molecule has 1 N–H and O–H groups in total. The van der Waals surface area contributed by atoms with Crippen molar-refractivity contribution in [1.29, 1.82) is 0 Å². The van der Waals surface area contributed by atoms with Crippen LogP contribution < -0.4 is 19.5 Å². The summed E-state index contributed by atoms with van der Waals surface area (Å²) in [7, 11) is 3.11. The first kappa shape index (κ1) is 16.6. The molecule has 0 aliphatic carbocycles. The van der Waals surface area contributed by atoms with Crippen LogP contribution >= 0.6 is 0 Å². The van der Waals surface area contributed by atoms with Crippen molar-refractivity contribution < 1.29 is 23.4 Å². The smallest absolute Gasteiger partial charge is 0.258 e. The molecule has 0 saturated carbocycles. The van der Waals surface area contributed by atoms with Crippen LogP contribution in [0.4, 0.5) is 4.39 Å². The monoisotopic (exact) mass is 319 g/mol. The van der Waals surface area contributed by atoms with Gasteiger partial charge in [0.1, 0.15) is 11.5 Å². The van der Waals surface area contributed by atoms with E-state index in [0.717, 1.165) is 5.56 Å². The molecule has 2 aromatic rings. The van der Waals surface area contributed by atoms with Gasteiger partial charge in [0, 0.05) is 18.2 Å². The van der Waals surface area contributed by atoms with Crippen molar-refractivity contribution >= 4 is 5.91 Å². The second-order valence-corrected chi connectivity index (χ2v) is 4.67. The average molecular weight is 319 g/mol. The summed E-state index contributed by atoms with van der Waals surface area (Å²) in [5, 5.41) is 2.69. The lowest BCUT2D eigenvalue weighted by Crippen LogP contribution is -2.28. The lowest BCUT2D eigenvalue weighted by molar-refractivity contribution is -0.123. The molecule has 0 aliphatic heterocycles. The Morgan fingerprint density at radius 3 is 2.57 bits per heavy atom. The van der Waals surface area contributed by atoms with E-state index < -0.39 is 5.82 Å². The molecular weight excluding hydrogens is 301 g/mol. The Kier molecular flexibility index (Phi) is 5.80. The fourth-order valence-corrected chi connectivity index (χ4v) is 1.95. The maximum absolute atomic E-state index is 13.4. The highest BCUT2D eigenvalue weighted by atomic mass is 19.1. The number of para-hydroxylation sites is 1. The minimum atomic E-state index is -0.503. The van der Waals surface area contributed by atoms with Crippen LogP contribution in [0.3, 0.4) is 0 Å². The maximum Gasteiger partial charge on any atom is 0.258 e. The third-order valence-electron chi connectivity index (χ3n) is 3.17. The third kappa shape index (κ3) is 4.60. The van der Waals surface area contributed by atoms with E-state index in [1.165, 1.54) is 12.1 Å². The molecule has 2 rings (SSSR count). The average Bonchev–Trinajstić information content (AvgIpc) is 2.59. The predicted octanol–water partition coefficient (Wildman–Crippen LogP) is 2.54. The molecule has 0 radical (unpaired) electrons. The Morgan fingerprint density at radius 2 is 1.87 bits per heavy atom. The Labute approximate surface area is 134 Å². The largest absolute Gasteiger partial charge is 0.497 e. The zero-order valence-corrected chi connectivity index (χ0v) is 13.0. The number of carbonyl (C=O) groups is 1. The van der Waals surface area contributed by atoms with E-state index in [0.29, 0.717) is 11.5 Å². The molecule has 122 valence electrons. The highest BCUT2D eigenvalue weighted by molar-refractivity contribution is 5.77. The maximum atomic E-state index is 13.4. The van der Waals surface area contributed by atoms with E-state index >= 15 is 0 Å².